The van der Waals surface area contributed by atoms with Gasteiger partial charge in [-0.1, -0.05) is 17.7 Å². The Labute approximate surface area is 136 Å². The van der Waals surface area contributed by atoms with Crippen LogP contribution in [0.2, 0.25) is 5.02 Å². The molecular formula is C16H19ClN4O. The molecule has 0 spiro atoms. The maximum absolute atomic E-state index is 6.06. The van der Waals surface area contributed by atoms with Crippen molar-refractivity contribution in [2.24, 2.45) is 0 Å². The van der Waals surface area contributed by atoms with Crippen molar-refractivity contribution in [2.75, 3.05) is 24.4 Å². The Bertz CT molecular complexity index is 661. The Morgan fingerprint density at radius 2 is 2.09 bits per heavy atom. The molecule has 1 aromatic heterocycles. The highest BCUT2D eigenvalue weighted by molar-refractivity contribution is 6.32. The monoisotopic (exact) mass is 318 g/mol. The maximum atomic E-state index is 6.06. The molecule has 0 bridgehead atoms. The summed E-state index contributed by atoms with van der Waals surface area (Å²) in [6, 6.07) is 5.61. The van der Waals surface area contributed by atoms with E-state index in [4.69, 9.17) is 23.3 Å². The van der Waals surface area contributed by atoms with Gasteiger partial charge in [-0.15, -0.1) is 0 Å². The first-order valence-corrected chi connectivity index (χ1v) is 7.28. The predicted molar refractivity (Wildman–Crippen MR) is 90.3 cm³/mol. The third-order valence-corrected chi connectivity index (χ3v) is 3.44. The van der Waals surface area contributed by atoms with E-state index in [2.05, 4.69) is 15.3 Å². The number of anilines is 3. The molecule has 1 aromatic carbocycles. The normalized spacial score (nSPS) is 10.7. The highest BCUT2D eigenvalue weighted by Gasteiger charge is 2.21. The molecule has 22 heavy (non-hydrogen) atoms. The minimum atomic E-state index is 0.114. The molecule has 1 heterocycles. The van der Waals surface area contributed by atoms with Crippen molar-refractivity contribution in [1.29, 1.82) is 0 Å². The molecule has 5 nitrogen and oxygen atoms in total. The van der Waals surface area contributed by atoms with E-state index >= 15 is 0 Å². The molecular weight excluding hydrogens is 300 g/mol. The SMILES string of the molecule is [CH]c1ccc(N(c2ncc(Cl)c(NC)n2)C(C)C)c(OC)c1. The van der Waals surface area contributed by atoms with Gasteiger partial charge in [0, 0.05) is 13.1 Å². The van der Waals surface area contributed by atoms with Crippen LogP contribution in [0.25, 0.3) is 0 Å². The van der Waals surface area contributed by atoms with Crippen molar-refractivity contribution in [3.8, 4) is 5.75 Å². The van der Waals surface area contributed by atoms with E-state index in [0.717, 1.165) is 5.69 Å². The van der Waals surface area contributed by atoms with Gasteiger partial charge in [-0.25, -0.2) is 4.98 Å². The van der Waals surface area contributed by atoms with Crippen LogP contribution in [0.1, 0.15) is 19.4 Å². The smallest absolute Gasteiger partial charge is 0.232 e. The summed E-state index contributed by atoms with van der Waals surface area (Å²) in [6.45, 7) is 9.92. The van der Waals surface area contributed by atoms with Crippen LogP contribution in [0.3, 0.4) is 0 Å². The predicted octanol–water partition coefficient (Wildman–Crippen LogP) is 3.79. The summed E-state index contributed by atoms with van der Waals surface area (Å²) in [5.41, 5.74) is 1.48. The van der Waals surface area contributed by atoms with E-state index in [9.17, 15) is 0 Å². The maximum Gasteiger partial charge on any atom is 0.232 e. The Morgan fingerprint density at radius 3 is 2.68 bits per heavy atom. The zero-order chi connectivity index (χ0) is 16.3. The summed E-state index contributed by atoms with van der Waals surface area (Å²) < 4.78 is 5.44. The first-order chi connectivity index (χ1) is 10.5. The number of hydrogen-bond donors (Lipinski definition) is 1. The molecule has 0 unspecified atom stereocenters. The average molecular weight is 319 g/mol. The number of methoxy groups -OCH3 is 1. The lowest BCUT2D eigenvalue weighted by Crippen LogP contribution is -2.28. The van der Waals surface area contributed by atoms with Crippen LogP contribution >= 0.6 is 11.6 Å². The molecule has 0 amide bonds. The van der Waals surface area contributed by atoms with Gasteiger partial charge >= 0.3 is 0 Å². The number of nitrogens with one attached hydrogen (secondary N) is 1. The van der Waals surface area contributed by atoms with Crippen LogP contribution in [0.4, 0.5) is 17.5 Å². The van der Waals surface area contributed by atoms with E-state index in [0.29, 0.717) is 28.1 Å². The molecule has 0 fully saturated rings. The lowest BCUT2D eigenvalue weighted by molar-refractivity contribution is 0.414. The third-order valence-electron chi connectivity index (χ3n) is 3.16. The number of halogens is 1. The average Bonchev–Trinajstić information content (AvgIpc) is 2.50. The number of benzene rings is 1. The molecule has 1 N–H and O–H groups in total. The van der Waals surface area contributed by atoms with Crippen molar-refractivity contribution in [1.82, 2.24) is 9.97 Å². The highest BCUT2D eigenvalue weighted by Crippen LogP contribution is 2.35. The fourth-order valence-corrected chi connectivity index (χ4v) is 2.34. The van der Waals surface area contributed by atoms with Crippen LogP contribution in [0.5, 0.6) is 5.75 Å². The Kier molecular flexibility index (Phi) is 5.08. The van der Waals surface area contributed by atoms with Gasteiger partial charge in [-0.3, -0.25) is 0 Å². The van der Waals surface area contributed by atoms with Gasteiger partial charge in [0.05, 0.1) is 19.0 Å². The summed E-state index contributed by atoms with van der Waals surface area (Å²) in [6.07, 6.45) is 1.58. The van der Waals surface area contributed by atoms with Gasteiger partial charge in [0.15, 0.2) is 0 Å². The standard InChI is InChI=1S/C16H19ClN4O/c1-10(2)21(13-7-6-11(3)8-14(13)22-5)16-19-9-12(17)15(18-4)20-16/h3,6-10H,1-2,4-5H3,(H,18,19,20). The highest BCUT2D eigenvalue weighted by atomic mass is 35.5. The van der Waals surface area contributed by atoms with Gasteiger partial charge in [0.25, 0.3) is 0 Å². The van der Waals surface area contributed by atoms with Gasteiger partial charge in [-0.2, -0.15) is 4.98 Å². The number of aromatic nitrogens is 2. The molecule has 2 radical (unpaired) electrons. The fourth-order valence-electron chi connectivity index (χ4n) is 2.16. The number of ether oxygens (including phenoxy) is 1. The van der Waals surface area contributed by atoms with Crippen LogP contribution in [0, 0.1) is 6.92 Å². The van der Waals surface area contributed by atoms with Crippen molar-refractivity contribution in [2.45, 2.75) is 19.9 Å². The quantitative estimate of drug-likeness (QED) is 0.909. The van der Waals surface area contributed by atoms with Crippen molar-refractivity contribution in [3.05, 3.63) is 41.9 Å². The van der Waals surface area contributed by atoms with Crippen LogP contribution in [0.15, 0.2) is 24.4 Å². The molecule has 0 aliphatic carbocycles. The lowest BCUT2D eigenvalue weighted by Gasteiger charge is -2.28. The van der Waals surface area contributed by atoms with E-state index in [1.165, 1.54) is 0 Å². The van der Waals surface area contributed by atoms with Crippen molar-refractivity contribution < 1.29 is 4.74 Å². The first-order valence-electron chi connectivity index (χ1n) is 6.91. The van der Waals surface area contributed by atoms with Crippen LogP contribution in [-0.2, 0) is 0 Å². The Balaban J connectivity index is 2.56. The van der Waals surface area contributed by atoms with Crippen LogP contribution in [-0.4, -0.2) is 30.2 Å². The fraction of sp³-hybridized carbons (Fsp3) is 0.312. The van der Waals surface area contributed by atoms with Gasteiger partial charge in [0.2, 0.25) is 5.95 Å². The zero-order valence-electron chi connectivity index (χ0n) is 13.1. The van der Waals surface area contributed by atoms with E-state index in [-0.39, 0.29) is 6.04 Å². The summed E-state index contributed by atoms with van der Waals surface area (Å²) >= 11 is 6.06. The number of nitrogens with zero attached hydrogens (tertiary/aromatic N) is 3. The first kappa shape index (κ1) is 16.4. The second kappa shape index (κ2) is 6.83. The largest absolute Gasteiger partial charge is 0.495 e. The van der Waals surface area contributed by atoms with Crippen LogP contribution < -0.4 is 15.0 Å². The molecule has 0 aliphatic rings. The van der Waals surface area contributed by atoms with E-state index < -0.39 is 0 Å². The number of hydrogen-bond acceptors (Lipinski definition) is 5. The molecule has 0 saturated carbocycles. The van der Waals surface area contributed by atoms with E-state index in [1.807, 2.05) is 30.9 Å². The molecule has 116 valence electrons. The summed E-state index contributed by atoms with van der Waals surface area (Å²) in [7, 11) is 3.38. The Hall–Kier alpha value is -2.01. The minimum absolute atomic E-state index is 0.114. The minimum Gasteiger partial charge on any atom is -0.495 e. The summed E-state index contributed by atoms with van der Waals surface area (Å²) in [4.78, 5) is 10.8. The molecule has 0 saturated heterocycles. The van der Waals surface area contributed by atoms with E-state index in [1.54, 1.807) is 26.4 Å². The molecule has 2 aromatic rings. The molecule has 0 aliphatic heterocycles. The lowest BCUT2D eigenvalue weighted by atomic mass is 10.1. The van der Waals surface area contributed by atoms with Gasteiger partial charge in [-0.05, 0) is 38.5 Å². The Morgan fingerprint density at radius 1 is 1.36 bits per heavy atom. The van der Waals surface area contributed by atoms with Gasteiger partial charge in [0.1, 0.15) is 16.6 Å². The third kappa shape index (κ3) is 3.25. The molecule has 2 rings (SSSR count). The second-order valence-electron chi connectivity index (χ2n) is 5.01. The second-order valence-corrected chi connectivity index (χ2v) is 5.42. The van der Waals surface area contributed by atoms with Crippen molar-refractivity contribution >= 4 is 29.1 Å². The topological polar surface area (TPSA) is 50.3 Å². The molecule has 0 atom stereocenters. The molecule has 6 heteroatoms. The van der Waals surface area contributed by atoms with Gasteiger partial charge < -0.3 is 15.0 Å². The zero-order valence-corrected chi connectivity index (χ0v) is 13.8. The number of rotatable bonds is 5. The van der Waals surface area contributed by atoms with Crippen molar-refractivity contribution in [3.63, 3.8) is 0 Å². The summed E-state index contributed by atoms with van der Waals surface area (Å²) in [5, 5.41) is 3.43. The summed E-state index contributed by atoms with van der Waals surface area (Å²) in [5.74, 6) is 1.77.